The van der Waals surface area contributed by atoms with Gasteiger partial charge in [0, 0.05) is 4.83 Å². The summed E-state index contributed by atoms with van der Waals surface area (Å²) >= 11 is 3.85. The Morgan fingerprint density at radius 3 is 2.27 bits per heavy atom. The van der Waals surface area contributed by atoms with Crippen LogP contribution in [0.2, 0.25) is 0 Å². The van der Waals surface area contributed by atoms with E-state index in [0.717, 1.165) is 16.7 Å². The summed E-state index contributed by atoms with van der Waals surface area (Å²) < 4.78 is 0. The van der Waals surface area contributed by atoms with E-state index in [0.29, 0.717) is 0 Å². The SMILES string of the molecule is BrC1CCCCCC1C1CC1. The average Bonchev–Trinajstić information content (AvgIpc) is 2.74. The Bertz CT molecular complexity index is 129. The maximum atomic E-state index is 3.85. The third-order valence-corrected chi connectivity index (χ3v) is 4.35. The summed E-state index contributed by atoms with van der Waals surface area (Å²) in [5.41, 5.74) is 0. The van der Waals surface area contributed by atoms with Crippen molar-refractivity contribution in [3.05, 3.63) is 0 Å². The maximum absolute atomic E-state index is 3.85. The zero-order chi connectivity index (χ0) is 7.68. The minimum Gasteiger partial charge on any atom is -0.0888 e. The fourth-order valence-electron chi connectivity index (χ4n) is 2.35. The molecular weight excluding hydrogens is 200 g/mol. The number of halogens is 1. The van der Waals surface area contributed by atoms with E-state index in [1.807, 2.05) is 0 Å². The smallest absolute Gasteiger partial charge is 0.0176 e. The number of rotatable bonds is 1. The van der Waals surface area contributed by atoms with Crippen LogP contribution in [0.25, 0.3) is 0 Å². The van der Waals surface area contributed by atoms with Gasteiger partial charge in [-0.3, -0.25) is 0 Å². The molecule has 2 unspecified atom stereocenters. The monoisotopic (exact) mass is 216 g/mol. The summed E-state index contributed by atoms with van der Waals surface area (Å²) in [7, 11) is 0. The van der Waals surface area contributed by atoms with Crippen molar-refractivity contribution in [2.24, 2.45) is 11.8 Å². The Hall–Kier alpha value is 0.480. The molecule has 2 fully saturated rings. The second kappa shape index (κ2) is 3.47. The van der Waals surface area contributed by atoms with Gasteiger partial charge in [-0.1, -0.05) is 35.2 Å². The van der Waals surface area contributed by atoms with Gasteiger partial charge in [0.25, 0.3) is 0 Å². The summed E-state index contributed by atoms with van der Waals surface area (Å²) in [6.07, 6.45) is 10.4. The first-order chi connectivity index (χ1) is 5.38. The van der Waals surface area contributed by atoms with Crippen LogP contribution >= 0.6 is 15.9 Å². The predicted octanol–water partition coefficient (Wildman–Crippen LogP) is 3.74. The summed E-state index contributed by atoms with van der Waals surface area (Å²) in [4.78, 5) is 0.859. The highest BCUT2D eigenvalue weighted by molar-refractivity contribution is 9.09. The van der Waals surface area contributed by atoms with Crippen LogP contribution in [0, 0.1) is 11.8 Å². The molecule has 0 aliphatic heterocycles. The van der Waals surface area contributed by atoms with Crippen molar-refractivity contribution in [2.75, 3.05) is 0 Å². The Kier molecular flexibility index (Phi) is 2.55. The molecule has 1 heteroatoms. The lowest BCUT2D eigenvalue weighted by molar-refractivity contribution is 0.422. The van der Waals surface area contributed by atoms with Crippen molar-refractivity contribution >= 4 is 15.9 Å². The first-order valence-electron chi connectivity index (χ1n) is 5.02. The van der Waals surface area contributed by atoms with Crippen LogP contribution in [0.3, 0.4) is 0 Å². The van der Waals surface area contributed by atoms with Crippen LogP contribution in [-0.2, 0) is 0 Å². The van der Waals surface area contributed by atoms with Gasteiger partial charge in [0.2, 0.25) is 0 Å². The van der Waals surface area contributed by atoms with Gasteiger partial charge in [0.05, 0.1) is 0 Å². The van der Waals surface area contributed by atoms with E-state index in [1.165, 1.54) is 44.9 Å². The van der Waals surface area contributed by atoms with E-state index in [-0.39, 0.29) is 0 Å². The summed E-state index contributed by atoms with van der Waals surface area (Å²) in [5, 5.41) is 0. The first-order valence-corrected chi connectivity index (χ1v) is 5.93. The Morgan fingerprint density at radius 1 is 0.818 bits per heavy atom. The third kappa shape index (κ3) is 1.99. The fraction of sp³-hybridized carbons (Fsp3) is 1.00. The van der Waals surface area contributed by atoms with Gasteiger partial charge in [-0.2, -0.15) is 0 Å². The van der Waals surface area contributed by atoms with Crippen LogP contribution < -0.4 is 0 Å². The molecular formula is C10H17Br. The summed E-state index contributed by atoms with van der Waals surface area (Å²) in [6.45, 7) is 0. The predicted molar refractivity (Wildman–Crippen MR) is 52.0 cm³/mol. The fourth-order valence-corrected chi connectivity index (χ4v) is 3.37. The Balaban J connectivity index is 1.91. The van der Waals surface area contributed by atoms with Gasteiger partial charge in [0.1, 0.15) is 0 Å². The molecule has 2 rings (SSSR count). The first kappa shape index (κ1) is 8.10. The second-order valence-corrected chi connectivity index (χ2v) is 5.33. The van der Waals surface area contributed by atoms with Crippen molar-refractivity contribution < 1.29 is 0 Å². The van der Waals surface area contributed by atoms with Crippen molar-refractivity contribution in [1.29, 1.82) is 0 Å². The van der Waals surface area contributed by atoms with E-state index in [1.54, 1.807) is 0 Å². The Morgan fingerprint density at radius 2 is 1.55 bits per heavy atom. The van der Waals surface area contributed by atoms with Gasteiger partial charge in [-0.25, -0.2) is 0 Å². The van der Waals surface area contributed by atoms with Crippen molar-refractivity contribution in [3.8, 4) is 0 Å². The molecule has 0 aromatic heterocycles. The Labute approximate surface area is 77.9 Å². The highest BCUT2D eigenvalue weighted by Crippen LogP contribution is 2.45. The highest BCUT2D eigenvalue weighted by Gasteiger charge is 2.35. The molecule has 0 N–H and O–H groups in total. The molecule has 2 saturated carbocycles. The molecule has 0 nitrogen and oxygen atoms in total. The van der Waals surface area contributed by atoms with Gasteiger partial charge in [0.15, 0.2) is 0 Å². The molecule has 0 saturated heterocycles. The summed E-state index contributed by atoms with van der Waals surface area (Å²) in [5.74, 6) is 2.15. The van der Waals surface area contributed by atoms with Crippen molar-refractivity contribution in [2.45, 2.75) is 49.8 Å². The van der Waals surface area contributed by atoms with Crippen LogP contribution in [0.1, 0.15) is 44.9 Å². The lowest BCUT2D eigenvalue weighted by atomic mass is 9.95. The molecule has 0 heterocycles. The second-order valence-electron chi connectivity index (χ2n) is 4.16. The average molecular weight is 217 g/mol. The third-order valence-electron chi connectivity index (χ3n) is 3.21. The molecule has 11 heavy (non-hydrogen) atoms. The van der Waals surface area contributed by atoms with Gasteiger partial charge in [-0.15, -0.1) is 0 Å². The number of hydrogen-bond acceptors (Lipinski definition) is 0. The number of hydrogen-bond donors (Lipinski definition) is 0. The summed E-state index contributed by atoms with van der Waals surface area (Å²) in [6, 6.07) is 0. The van der Waals surface area contributed by atoms with Crippen LogP contribution in [0.15, 0.2) is 0 Å². The van der Waals surface area contributed by atoms with Crippen LogP contribution in [-0.4, -0.2) is 4.83 Å². The maximum Gasteiger partial charge on any atom is 0.0176 e. The molecule has 0 spiro atoms. The van der Waals surface area contributed by atoms with Gasteiger partial charge < -0.3 is 0 Å². The molecule has 2 aliphatic rings. The molecule has 2 aliphatic carbocycles. The quantitative estimate of drug-likeness (QED) is 0.463. The molecule has 0 bridgehead atoms. The van der Waals surface area contributed by atoms with E-state index in [4.69, 9.17) is 0 Å². The lowest BCUT2D eigenvalue weighted by Gasteiger charge is -2.18. The largest absolute Gasteiger partial charge is 0.0888 e. The molecule has 0 aromatic rings. The topological polar surface area (TPSA) is 0 Å². The van der Waals surface area contributed by atoms with E-state index >= 15 is 0 Å². The van der Waals surface area contributed by atoms with Gasteiger partial charge in [-0.05, 0) is 37.5 Å². The lowest BCUT2D eigenvalue weighted by Crippen LogP contribution is -2.14. The molecule has 0 radical (unpaired) electrons. The van der Waals surface area contributed by atoms with Crippen molar-refractivity contribution in [1.82, 2.24) is 0 Å². The molecule has 0 amide bonds. The minimum atomic E-state index is 0.859. The highest BCUT2D eigenvalue weighted by atomic mass is 79.9. The van der Waals surface area contributed by atoms with Crippen LogP contribution in [0.5, 0.6) is 0 Å². The molecule has 2 atom stereocenters. The molecule has 64 valence electrons. The van der Waals surface area contributed by atoms with E-state index < -0.39 is 0 Å². The minimum absolute atomic E-state index is 0.859. The van der Waals surface area contributed by atoms with E-state index in [9.17, 15) is 0 Å². The van der Waals surface area contributed by atoms with Crippen LogP contribution in [0.4, 0.5) is 0 Å². The zero-order valence-corrected chi connectivity index (χ0v) is 8.65. The van der Waals surface area contributed by atoms with E-state index in [2.05, 4.69) is 15.9 Å². The standard InChI is InChI=1S/C10H17Br/c11-10-5-3-1-2-4-9(10)8-6-7-8/h8-10H,1-7H2. The van der Waals surface area contributed by atoms with Crippen molar-refractivity contribution in [3.63, 3.8) is 0 Å². The number of alkyl halides is 1. The van der Waals surface area contributed by atoms with Gasteiger partial charge >= 0.3 is 0 Å². The normalized spacial score (nSPS) is 40.1. The molecule has 0 aromatic carbocycles. The zero-order valence-electron chi connectivity index (χ0n) is 7.06.